The zero-order valence-electron chi connectivity index (χ0n) is 20.0. The van der Waals surface area contributed by atoms with Crippen LogP contribution in [0.2, 0.25) is 0 Å². The molecule has 2 N–H and O–H groups in total. The van der Waals surface area contributed by atoms with Crippen molar-refractivity contribution in [2.45, 2.75) is 13.3 Å². The van der Waals surface area contributed by atoms with Gasteiger partial charge in [-0.25, -0.2) is 0 Å². The minimum absolute atomic E-state index is 0.196. The summed E-state index contributed by atoms with van der Waals surface area (Å²) in [7, 11) is 1.45. The van der Waals surface area contributed by atoms with Gasteiger partial charge in [-0.15, -0.1) is 0 Å². The van der Waals surface area contributed by atoms with Crippen molar-refractivity contribution < 1.29 is 33.7 Å². The van der Waals surface area contributed by atoms with Gasteiger partial charge in [0.2, 0.25) is 0 Å². The van der Waals surface area contributed by atoms with Crippen LogP contribution in [0.25, 0.3) is 6.08 Å². The number of benzene rings is 3. The number of ether oxygens (including phenoxy) is 3. The number of ketones is 1. The van der Waals surface area contributed by atoms with Crippen LogP contribution in [0.15, 0.2) is 72.8 Å². The summed E-state index contributed by atoms with van der Waals surface area (Å²) in [5.74, 6) is -0.367. The molecule has 36 heavy (non-hydrogen) atoms. The molecule has 186 valence electrons. The molecule has 0 heterocycles. The predicted octanol–water partition coefficient (Wildman–Crippen LogP) is 4.63. The number of rotatable bonds is 12. The number of anilines is 1. The Kier molecular flexibility index (Phi) is 9.22. The van der Waals surface area contributed by atoms with Gasteiger partial charge < -0.3 is 24.6 Å². The molecule has 3 aromatic carbocycles. The van der Waals surface area contributed by atoms with Gasteiger partial charge in [-0.05, 0) is 61.0 Å². The molecular weight excluding hydrogens is 462 g/mol. The van der Waals surface area contributed by atoms with Crippen LogP contribution < -0.4 is 19.5 Å². The molecule has 8 heteroatoms. The van der Waals surface area contributed by atoms with Crippen LogP contribution in [0.4, 0.5) is 5.69 Å². The molecular formula is C28H27NO7. The second-order valence-electron chi connectivity index (χ2n) is 7.64. The van der Waals surface area contributed by atoms with Gasteiger partial charge in [-0.1, -0.05) is 30.3 Å². The van der Waals surface area contributed by atoms with E-state index < -0.39 is 5.97 Å². The molecule has 0 spiro atoms. The normalized spacial score (nSPS) is 10.6. The average molecular weight is 490 g/mol. The SMILES string of the molecule is CCOc1cc(/C=C/C(=O)c2ccc(OC)c(CC(=O)O)c2)ccc1OCC(=O)Nc1ccccc1. The Labute approximate surface area is 209 Å². The maximum absolute atomic E-state index is 12.7. The summed E-state index contributed by atoms with van der Waals surface area (Å²) in [6, 6.07) is 18.9. The van der Waals surface area contributed by atoms with Gasteiger partial charge in [0.1, 0.15) is 5.75 Å². The van der Waals surface area contributed by atoms with Gasteiger partial charge in [0.25, 0.3) is 5.91 Å². The van der Waals surface area contributed by atoms with Crippen molar-refractivity contribution in [3.63, 3.8) is 0 Å². The predicted molar refractivity (Wildman–Crippen MR) is 136 cm³/mol. The second kappa shape index (κ2) is 12.8. The van der Waals surface area contributed by atoms with E-state index in [1.807, 2.05) is 25.1 Å². The summed E-state index contributed by atoms with van der Waals surface area (Å²) >= 11 is 0. The Morgan fingerprint density at radius 3 is 2.36 bits per heavy atom. The number of methoxy groups -OCH3 is 1. The Morgan fingerprint density at radius 1 is 0.917 bits per heavy atom. The van der Waals surface area contributed by atoms with E-state index in [9.17, 15) is 14.4 Å². The summed E-state index contributed by atoms with van der Waals surface area (Å²) in [6.45, 7) is 2.02. The Bertz CT molecular complexity index is 1250. The molecule has 0 radical (unpaired) electrons. The monoisotopic (exact) mass is 489 g/mol. The standard InChI is InChI=1S/C28H27NO7/c1-3-35-26-15-19(10-13-25(26)36-18-27(31)29-22-7-5-4-6-8-22)9-12-23(30)20-11-14-24(34-2)21(16-20)17-28(32)33/h4-16H,3,17-18H2,1-2H3,(H,29,31)(H,32,33)/b12-9+. The molecule has 0 aliphatic heterocycles. The molecule has 8 nitrogen and oxygen atoms in total. The summed E-state index contributed by atoms with van der Waals surface area (Å²) in [5, 5.41) is 11.8. The Morgan fingerprint density at radius 2 is 1.67 bits per heavy atom. The van der Waals surface area contributed by atoms with E-state index in [-0.39, 0.29) is 24.7 Å². The van der Waals surface area contributed by atoms with Gasteiger partial charge in [0, 0.05) is 16.8 Å². The van der Waals surface area contributed by atoms with Crippen LogP contribution >= 0.6 is 0 Å². The number of carbonyl (C=O) groups is 3. The summed E-state index contributed by atoms with van der Waals surface area (Å²) in [5.41, 5.74) is 2.12. The van der Waals surface area contributed by atoms with E-state index in [0.717, 1.165) is 0 Å². The van der Waals surface area contributed by atoms with E-state index in [2.05, 4.69) is 5.32 Å². The molecule has 3 rings (SSSR count). The number of hydrogen-bond acceptors (Lipinski definition) is 6. The number of hydrogen-bond donors (Lipinski definition) is 2. The highest BCUT2D eigenvalue weighted by Crippen LogP contribution is 2.29. The van der Waals surface area contributed by atoms with E-state index >= 15 is 0 Å². The fraction of sp³-hybridized carbons (Fsp3) is 0.179. The van der Waals surface area contributed by atoms with Crippen molar-refractivity contribution in [2.24, 2.45) is 0 Å². The van der Waals surface area contributed by atoms with Crippen molar-refractivity contribution in [1.82, 2.24) is 0 Å². The molecule has 0 unspecified atom stereocenters. The molecule has 0 bridgehead atoms. The van der Waals surface area contributed by atoms with Crippen molar-refractivity contribution in [3.05, 3.63) is 89.5 Å². The molecule has 0 saturated carbocycles. The summed E-state index contributed by atoms with van der Waals surface area (Å²) < 4.78 is 16.5. The number of carboxylic acids is 1. The maximum atomic E-state index is 12.7. The first-order chi connectivity index (χ1) is 17.4. The molecule has 0 fully saturated rings. The third kappa shape index (κ3) is 7.46. The number of para-hydroxylation sites is 1. The van der Waals surface area contributed by atoms with Crippen molar-refractivity contribution in [1.29, 1.82) is 0 Å². The van der Waals surface area contributed by atoms with Crippen molar-refractivity contribution in [3.8, 4) is 17.2 Å². The lowest BCUT2D eigenvalue weighted by Crippen LogP contribution is -2.20. The number of allylic oxidation sites excluding steroid dienone is 1. The Hall–Kier alpha value is -4.59. The quantitative estimate of drug-likeness (QED) is 0.282. The average Bonchev–Trinajstić information content (AvgIpc) is 2.87. The fourth-order valence-corrected chi connectivity index (χ4v) is 3.38. The molecule has 0 aromatic heterocycles. The second-order valence-corrected chi connectivity index (χ2v) is 7.64. The van der Waals surface area contributed by atoms with Gasteiger partial charge in [-0.2, -0.15) is 0 Å². The first kappa shape index (κ1) is 26.0. The van der Waals surface area contributed by atoms with Crippen LogP contribution in [-0.4, -0.2) is 43.1 Å². The van der Waals surface area contributed by atoms with Crippen molar-refractivity contribution >= 4 is 29.4 Å². The van der Waals surface area contributed by atoms with Gasteiger partial charge in [0.05, 0.1) is 20.1 Å². The number of amides is 1. The van der Waals surface area contributed by atoms with E-state index in [4.69, 9.17) is 19.3 Å². The molecule has 1 amide bonds. The third-order valence-electron chi connectivity index (χ3n) is 5.02. The van der Waals surface area contributed by atoms with Gasteiger partial charge in [-0.3, -0.25) is 14.4 Å². The number of carbonyl (C=O) groups excluding carboxylic acids is 2. The van der Waals surface area contributed by atoms with Crippen LogP contribution in [0.1, 0.15) is 28.4 Å². The van der Waals surface area contributed by atoms with Crippen LogP contribution in [-0.2, 0) is 16.0 Å². The first-order valence-electron chi connectivity index (χ1n) is 11.2. The minimum atomic E-state index is -1.02. The largest absolute Gasteiger partial charge is 0.496 e. The Balaban J connectivity index is 1.69. The van der Waals surface area contributed by atoms with E-state index in [0.29, 0.717) is 46.2 Å². The van der Waals surface area contributed by atoms with E-state index in [1.54, 1.807) is 48.5 Å². The summed E-state index contributed by atoms with van der Waals surface area (Å²) in [6.07, 6.45) is 2.76. The lowest BCUT2D eigenvalue weighted by atomic mass is 10.0. The first-order valence-corrected chi connectivity index (χ1v) is 11.2. The lowest BCUT2D eigenvalue weighted by molar-refractivity contribution is -0.136. The maximum Gasteiger partial charge on any atom is 0.307 e. The summed E-state index contributed by atoms with van der Waals surface area (Å²) in [4.78, 5) is 36.0. The van der Waals surface area contributed by atoms with Crippen LogP contribution in [0.3, 0.4) is 0 Å². The zero-order valence-corrected chi connectivity index (χ0v) is 20.0. The fourth-order valence-electron chi connectivity index (χ4n) is 3.38. The molecule has 0 aliphatic carbocycles. The number of carboxylic acid groups (broad SMARTS) is 1. The minimum Gasteiger partial charge on any atom is -0.496 e. The van der Waals surface area contributed by atoms with Crippen molar-refractivity contribution in [2.75, 3.05) is 25.6 Å². The van der Waals surface area contributed by atoms with E-state index in [1.165, 1.54) is 19.3 Å². The number of aliphatic carboxylic acids is 1. The highest BCUT2D eigenvalue weighted by Gasteiger charge is 2.12. The highest BCUT2D eigenvalue weighted by molar-refractivity contribution is 6.07. The van der Waals surface area contributed by atoms with Gasteiger partial charge >= 0.3 is 5.97 Å². The molecule has 0 aliphatic rings. The molecule has 3 aromatic rings. The zero-order chi connectivity index (χ0) is 25.9. The van der Waals surface area contributed by atoms with Crippen LogP contribution in [0.5, 0.6) is 17.2 Å². The molecule has 0 atom stereocenters. The smallest absolute Gasteiger partial charge is 0.307 e. The van der Waals surface area contributed by atoms with Crippen LogP contribution in [0, 0.1) is 0 Å². The topological polar surface area (TPSA) is 111 Å². The lowest BCUT2D eigenvalue weighted by Gasteiger charge is -2.13. The highest BCUT2D eigenvalue weighted by atomic mass is 16.5. The number of nitrogens with one attached hydrogen (secondary N) is 1. The van der Waals surface area contributed by atoms with Gasteiger partial charge in [0.15, 0.2) is 23.9 Å². The third-order valence-corrected chi connectivity index (χ3v) is 5.02. The molecule has 0 saturated heterocycles.